The van der Waals surface area contributed by atoms with E-state index in [-0.39, 0.29) is 0 Å². The molecule has 1 saturated carbocycles. The van der Waals surface area contributed by atoms with Crippen molar-refractivity contribution in [2.75, 3.05) is 0 Å². The largest absolute Gasteiger partial charge is 0.465 e. The van der Waals surface area contributed by atoms with Crippen LogP contribution < -0.4 is 11.5 Å². The lowest BCUT2D eigenvalue weighted by Crippen LogP contribution is -2.25. The summed E-state index contributed by atoms with van der Waals surface area (Å²) in [7, 11) is 0. The second kappa shape index (κ2) is 5.83. The minimum absolute atomic E-state index is 0.520. The Labute approximate surface area is 72.9 Å². The molecule has 4 nitrogen and oxygen atoms in total. The van der Waals surface area contributed by atoms with Gasteiger partial charge in [0.2, 0.25) is 0 Å². The number of hydrogen-bond acceptors (Lipinski definition) is 2. The smallest absolute Gasteiger partial charge is 0.402 e. The van der Waals surface area contributed by atoms with Crippen LogP contribution in [0.3, 0.4) is 0 Å². The fraction of sp³-hybridized carbons (Fsp3) is 0.875. The fourth-order valence-corrected chi connectivity index (χ4v) is 1.29. The molecule has 1 aliphatic rings. The van der Waals surface area contributed by atoms with Crippen molar-refractivity contribution in [1.29, 1.82) is 0 Å². The molecule has 0 heterocycles. The van der Waals surface area contributed by atoms with E-state index in [2.05, 4.69) is 12.7 Å². The zero-order valence-corrected chi connectivity index (χ0v) is 7.49. The highest BCUT2D eigenvalue weighted by atomic mass is 16.4. The Bertz CT molecular complexity index is 117. The van der Waals surface area contributed by atoms with Crippen LogP contribution in [0.5, 0.6) is 0 Å². The Balaban J connectivity index is 0.000000261. The molecule has 1 aliphatic carbocycles. The van der Waals surface area contributed by atoms with E-state index in [0.717, 1.165) is 5.92 Å². The van der Waals surface area contributed by atoms with Crippen LogP contribution in [0, 0.1) is 5.92 Å². The topological polar surface area (TPSA) is 89.3 Å². The zero-order valence-electron chi connectivity index (χ0n) is 7.49. The van der Waals surface area contributed by atoms with Gasteiger partial charge in [0.25, 0.3) is 0 Å². The van der Waals surface area contributed by atoms with E-state index in [0.29, 0.717) is 6.04 Å². The van der Waals surface area contributed by atoms with Gasteiger partial charge in [0, 0.05) is 6.04 Å². The molecule has 0 aromatic carbocycles. The van der Waals surface area contributed by atoms with Crippen molar-refractivity contribution in [3.63, 3.8) is 0 Å². The third-order valence-electron chi connectivity index (χ3n) is 2.06. The molecule has 0 aliphatic heterocycles. The van der Waals surface area contributed by atoms with Crippen LogP contribution in [0.1, 0.15) is 32.6 Å². The number of primary amides is 1. The van der Waals surface area contributed by atoms with E-state index in [1.807, 2.05) is 0 Å². The van der Waals surface area contributed by atoms with Gasteiger partial charge in [-0.3, -0.25) is 0 Å². The van der Waals surface area contributed by atoms with E-state index in [1.54, 1.807) is 0 Å². The molecule has 1 amide bonds. The first-order chi connectivity index (χ1) is 5.52. The first-order valence-corrected chi connectivity index (χ1v) is 4.26. The molecule has 0 unspecified atom stereocenters. The van der Waals surface area contributed by atoms with Crippen LogP contribution >= 0.6 is 0 Å². The van der Waals surface area contributed by atoms with Gasteiger partial charge in [0.05, 0.1) is 0 Å². The number of carbonyl (C=O) groups is 1. The SMILES string of the molecule is CC1CCC(N)CC1.NC(=O)O. The molecule has 0 atom stereocenters. The summed E-state index contributed by atoms with van der Waals surface area (Å²) in [6.07, 6.45) is 3.87. The predicted octanol–water partition coefficient (Wildman–Crippen LogP) is 1.15. The zero-order chi connectivity index (χ0) is 9.56. The molecule has 0 spiro atoms. The molecule has 12 heavy (non-hydrogen) atoms. The van der Waals surface area contributed by atoms with E-state index in [1.165, 1.54) is 25.7 Å². The van der Waals surface area contributed by atoms with Gasteiger partial charge in [0.1, 0.15) is 0 Å². The molecule has 1 rings (SSSR count). The van der Waals surface area contributed by atoms with Gasteiger partial charge >= 0.3 is 6.09 Å². The summed E-state index contributed by atoms with van der Waals surface area (Å²) in [6.45, 7) is 2.31. The van der Waals surface area contributed by atoms with Gasteiger partial charge in [0.15, 0.2) is 0 Å². The number of carboxylic acid groups (broad SMARTS) is 1. The Kier molecular flexibility index (Phi) is 5.45. The highest BCUT2D eigenvalue weighted by Crippen LogP contribution is 2.21. The normalized spacial score (nSPS) is 28.5. The summed E-state index contributed by atoms with van der Waals surface area (Å²) in [5.74, 6) is 0.940. The first kappa shape index (κ1) is 11.2. The van der Waals surface area contributed by atoms with Crippen molar-refractivity contribution < 1.29 is 9.90 Å². The van der Waals surface area contributed by atoms with Crippen molar-refractivity contribution in [3.8, 4) is 0 Å². The Morgan fingerprint density at radius 1 is 1.33 bits per heavy atom. The predicted molar refractivity (Wildman–Crippen MR) is 47.8 cm³/mol. The minimum atomic E-state index is -1.33. The van der Waals surface area contributed by atoms with Crippen LogP contribution in [0.15, 0.2) is 0 Å². The number of nitrogens with two attached hydrogens (primary N) is 2. The standard InChI is InChI=1S/C7H15N.CH3NO2/c1-6-2-4-7(8)5-3-6;2-1(3)4/h6-7H,2-5,8H2,1H3;2H2,(H,3,4). The van der Waals surface area contributed by atoms with Crippen molar-refractivity contribution in [2.24, 2.45) is 17.4 Å². The van der Waals surface area contributed by atoms with Gasteiger partial charge in [-0.1, -0.05) is 6.92 Å². The van der Waals surface area contributed by atoms with Crippen LogP contribution in [0.4, 0.5) is 4.79 Å². The molecule has 0 saturated heterocycles. The third kappa shape index (κ3) is 7.34. The number of rotatable bonds is 0. The molecule has 5 N–H and O–H groups in total. The maximum Gasteiger partial charge on any atom is 0.402 e. The first-order valence-electron chi connectivity index (χ1n) is 4.26. The Morgan fingerprint density at radius 2 is 1.67 bits per heavy atom. The highest BCUT2D eigenvalue weighted by Gasteiger charge is 2.13. The van der Waals surface area contributed by atoms with E-state index < -0.39 is 6.09 Å². The average molecular weight is 174 g/mol. The number of amides is 1. The van der Waals surface area contributed by atoms with E-state index in [4.69, 9.17) is 15.6 Å². The molecule has 1 fully saturated rings. The minimum Gasteiger partial charge on any atom is -0.465 e. The van der Waals surface area contributed by atoms with Gasteiger partial charge in [-0.25, -0.2) is 4.79 Å². The lowest BCUT2D eigenvalue weighted by molar-refractivity contribution is 0.205. The van der Waals surface area contributed by atoms with Gasteiger partial charge in [-0.2, -0.15) is 0 Å². The molecule has 72 valence electrons. The van der Waals surface area contributed by atoms with Crippen molar-refractivity contribution >= 4 is 6.09 Å². The maximum absolute atomic E-state index is 8.78. The molecule has 0 aromatic heterocycles. The summed E-state index contributed by atoms with van der Waals surface area (Å²) in [5.41, 5.74) is 9.72. The third-order valence-corrected chi connectivity index (χ3v) is 2.06. The number of hydrogen-bond donors (Lipinski definition) is 3. The highest BCUT2D eigenvalue weighted by molar-refractivity contribution is 5.61. The summed E-state index contributed by atoms with van der Waals surface area (Å²) in [5, 5.41) is 7.19. The van der Waals surface area contributed by atoms with Crippen molar-refractivity contribution in [1.82, 2.24) is 0 Å². The fourth-order valence-electron chi connectivity index (χ4n) is 1.29. The van der Waals surface area contributed by atoms with Crippen LogP contribution in [-0.2, 0) is 0 Å². The summed E-state index contributed by atoms with van der Waals surface area (Å²) < 4.78 is 0. The molecule has 0 radical (unpaired) electrons. The van der Waals surface area contributed by atoms with Gasteiger partial charge in [-0.15, -0.1) is 0 Å². The lowest BCUT2D eigenvalue weighted by Gasteiger charge is -2.22. The van der Waals surface area contributed by atoms with Crippen LogP contribution in [0.2, 0.25) is 0 Å². The summed E-state index contributed by atoms with van der Waals surface area (Å²) >= 11 is 0. The van der Waals surface area contributed by atoms with E-state index in [9.17, 15) is 0 Å². The van der Waals surface area contributed by atoms with Gasteiger partial charge < -0.3 is 16.6 Å². The Hall–Kier alpha value is -0.770. The molecule has 0 bridgehead atoms. The molecular formula is C8H18N2O2. The summed E-state index contributed by atoms with van der Waals surface area (Å²) in [6, 6.07) is 0.520. The summed E-state index contributed by atoms with van der Waals surface area (Å²) in [4.78, 5) is 8.78. The van der Waals surface area contributed by atoms with Crippen molar-refractivity contribution in [2.45, 2.75) is 38.6 Å². The van der Waals surface area contributed by atoms with Crippen LogP contribution in [0.25, 0.3) is 0 Å². The van der Waals surface area contributed by atoms with Gasteiger partial charge in [-0.05, 0) is 31.6 Å². The van der Waals surface area contributed by atoms with Crippen molar-refractivity contribution in [3.05, 3.63) is 0 Å². The lowest BCUT2D eigenvalue weighted by atomic mass is 9.88. The second-order valence-electron chi connectivity index (χ2n) is 3.36. The maximum atomic E-state index is 8.78. The second-order valence-corrected chi connectivity index (χ2v) is 3.36. The average Bonchev–Trinajstić information content (AvgIpc) is 1.94. The molecule has 4 heteroatoms. The quantitative estimate of drug-likeness (QED) is 0.514. The monoisotopic (exact) mass is 174 g/mol. The molecule has 0 aromatic rings. The van der Waals surface area contributed by atoms with Crippen LogP contribution in [-0.4, -0.2) is 17.2 Å². The Morgan fingerprint density at radius 3 is 1.92 bits per heavy atom. The van der Waals surface area contributed by atoms with E-state index >= 15 is 0 Å². The molecular weight excluding hydrogens is 156 g/mol.